The number of carbonyl (C=O) groups excluding carboxylic acids is 1. The summed E-state index contributed by atoms with van der Waals surface area (Å²) in [6, 6.07) is 20.4. The molecule has 3 atom stereocenters. The highest BCUT2D eigenvalue weighted by atomic mass is 16.1. The van der Waals surface area contributed by atoms with Gasteiger partial charge in [-0.25, -0.2) is 9.13 Å². The topological polar surface area (TPSA) is 51.9 Å². The number of amides is 1. The Balaban J connectivity index is 1.76. The number of aromatic nitrogens is 2. The predicted molar refractivity (Wildman–Crippen MR) is 122 cm³/mol. The molecule has 1 heterocycles. The van der Waals surface area contributed by atoms with Crippen LogP contribution in [-0.4, -0.2) is 10.5 Å². The maximum atomic E-state index is 13.2. The summed E-state index contributed by atoms with van der Waals surface area (Å²) < 4.78 is 4.44. The number of nitrogens with two attached hydrogens (primary N) is 1. The summed E-state index contributed by atoms with van der Waals surface area (Å²) >= 11 is 0. The molecule has 4 nitrogen and oxygen atoms in total. The van der Waals surface area contributed by atoms with Crippen LogP contribution in [-0.2, 0) is 10.2 Å². The first-order chi connectivity index (χ1) is 15.0. The summed E-state index contributed by atoms with van der Waals surface area (Å²) in [6.07, 6.45) is 12.6. The molecule has 3 aromatic rings. The van der Waals surface area contributed by atoms with E-state index in [0.29, 0.717) is 6.04 Å². The van der Waals surface area contributed by atoms with E-state index in [1.807, 2.05) is 67.6 Å². The average Bonchev–Trinajstić information content (AvgIpc) is 3.42. The molecule has 4 rings (SSSR count). The summed E-state index contributed by atoms with van der Waals surface area (Å²) in [5.41, 5.74) is 7.32. The minimum atomic E-state index is -0.847. The van der Waals surface area contributed by atoms with Crippen LogP contribution in [0.3, 0.4) is 0 Å². The molecule has 4 heteroatoms. The summed E-state index contributed by atoms with van der Waals surface area (Å²) in [6.45, 7) is 4.13. The molecule has 2 aromatic carbocycles. The highest BCUT2D eigenvalue weighted by Gasteiger charge is 2.51. The minimum Gasteiger partial charge on any atom is -0.369 e. The van der Waals surface area contributed by atoms with Gasteiger partial charge in [0.25, 0.3) is 5.82 Å². The number of nitrogens with zero attached hydrogens (tertiary/aromatic N) is 2. The molecule has 1 saturated carbocycles. The van der Waals surface area contributed by atoms with E-state index in [4.69, 9.17) is 12.2 Å². The number of terminal acetylenes is 1. The molecule has 1 aromatic heterocycles. The molecule has 0 bridgehead atoms. The van der Waals surface area contributed by atoms with E-state index in [9.17, 15) is 4.79 Å². The first-order valence-electron chi connectivity index (χ1n) is 11.0. The fraction of sp³-hybridized carbons (Fsp3) is 0.333. The highest BCUT2D eigenvalue weighted by molar-refractivity contribution is 5.91. The Morgan fingerprint density at radius 1 is 1.13 bits per heavy atom. The highest BCUT2D eigenvalue weighted by Crippen LogP contribution is 2.48. The fourth-order valence-corrected chi connectivity index (χ4v) is 5.50. The molecule has 1 amide bonds. The van der Waals surface area contributed by atoms with Crippen molar-refractivity contribution in [2.45, 2.75) is 50.6 Å². The standard InChI is InChI=1S/C27H29N3O/c1-4-20(2)29-17-18-30(21(29)3)25-16-15-24(19-25)27(26(28)31,22-11-7-5-8-12-22)23-13-9-6-10-14-23/h1,5-14,17-18,20,24-25H,15-16,19H2,2-3H3,(H-,28,31)/p+1/t20?,24-,25+/m1/s1. The van der Waals surface area contributed by atoms with Crippen LogP contribution in [0.5, 0.6) is 0 Å². The lowest BCUT2D eigenvalue weighted by Crippen LogP contribution is -2.48. The lowest BCUT2D eigenvalue weighted by molar-refractivity contribution is -0.727. The van der Waals surface area contributed by atoms with E-state index in [-0.39, 0.29) is 17.9 Å². The van der Waals surface area contributed by atoms with Gasteiger partial charge in [0.15, 0.2) is 6.04 Å². The summed E-state index contributed by atoms with van der Waals surface area (Å²) in [4.78, 5) is 13.2. The third-order valence-electron chi connectivity index (χ3n) is 7.05. The van der Waals surface area contributed by atoms with Crippen molar-refractivity contribution in [3.05, 3.63) is 90.0 Å². The number of hydrogen-bond donors (Lipinski definition) is 1. The Bertz CT molecular complexity index is 1060. The van der Waals surface area contributed by atoms with Gasteiger partial charge in [0, 0.05) is 6.92 Å². The van der Waals surface area contributed by atoms with E-state index in [2.05, 4.69) is 34.4 Å². The molecule has 0 spiro atoms. The summed E-state index contributed by atoms with van der Waals surface area (Å²) in [5.74, 6) is 3.77. The van der Waals surface area contributed by atoms with Crippen LogP contribution in [0.25, 0.3) is 0 Å². The molecule has 158 valence electrons. The van der Waals surface area contributed by atoms with Crippen LogP contribution in [0.2, 0.25) is 0 Å². The zero-order valence-electron chi connectivity index (χ0n) is 18.2. The number of primary amides is 1. The normalized spacial score (nSPS) is 19.6. The minimum absolute atomic E-state index is 0.0109. The second kappa shape index (κ2) is 8.43. The third-order valence-corrected chi connectivity index (χ3v) is 7.05. The number of hydrogen-bond acceptors (Lipinski definition) is 1. The Morgan fingerprint density at radius 3 is 2.23 bits per heavy atom. The molecule has 2 N–H and O–H groups in total. The van der Waals surface area contributed by atoms with Crippen molar-refractivity contribution in [2.24, 2.45) is 11.7 Å². The van der Waals surface area contributed by atoms with E-state index in [1.54, 1.807) is 0 Å². The Hall–Kier alpha value is -3.32. The van der Waals surface area contributed by atoms with E-state index >= 15 is 0 Å². The molecule has 0 saturated heterocycles. The molecule has 1 aliphatic carbocycles. The van der Waals surface area contributed by atoms with Gasteiger partial charge in [-0.05, 0) is 43.2 Å². The zero-order valence-corrected chi connectivity index (χ0v) is 18.2. The average molecular weight is 413 g/mol. The van der Waals surface area contributed by atoms with Crippen LogP contribution in [0.1, 0.15) is 55.2 Å². The Labute approximate surface area is 184 Å². The smallest absolute Gasteiger partial charge is 0.254 e. The van der Waals surface area contributed by atoms with Gasteiger partial charge in [-0.15, -0.1) is 6.42 Å². The predicted octanol–water partition coefficient (Wildman–Crippen LogP) is 4.09. The second-order valence-electron chi connectivity index (χ2n) is 8.57. The van der Waals surface area contributed by atoms with Crippen molar-refractivity contribution in [1.82, 2.24) is 4.57 Å². The van der Waals surface area contributed by atoms with Crippen molar-refractivity contribution in [3.8, 4) is 12.3 Å². The molecule has 0 aliphatic heterocycles. The summed E-state index contributed by atoms with van der Waals surface area (Å²) in [7, 11) is 0. The number of rotatable bonds is 6. The van der Waals surface area contributed by atoms with E-state index in [1.165, 1.54) is 0 Å². The van der Waals surface area contributed by atoms with Crippen LogP contribution in [0, 0.1) is 25.2 Å². The zero-order chi connectivity index (χ0) is 22.0. The van der Waals surface area contributed by atoms with Crippen LogP contribution in [0.15, 0.2) is 73.1 Å². The maximum absolute atomic E-state index is 13.2. The molecule has 0 radical (unpaired) electrons. The number of benzene rings is 2. The quantitative estimate of drug-likeness (QED) is 0.481. The van der Waals surface area contributed by atoms with Crippen molar-refractivity contribution in [2.75, 3.05) is 0 Å². The van der Waals surface area contributed by atoms with Crippen LogP contribution in [0.4, 0.5) is 0 Å². The Morgan fingerprint density at radius 2 is 1.71 bits per heavy atom. The van der Waals surface area contributed by atoms with E-state index < -0.39 is 5.41 Å². The number of carbonyl (C=O) groups is 1. The van der Waals surface area contributed by atoms with Gasteiger partial charge in [0.05, 0.1) is 0 Å². The monoisotopic (exact) mass is 412 g/mol. The van der Waals surface area contributed by atoms with Crippen molar-refractivity contribution >= 4 is 5.91 Å². The molecule has 1 unspecified atom stereocenters. The van der Waals surface area contributed by atoms with Crippen molar-refractivity contribution in [1.29, 1.82) is 0 Å². The molecule has 31 heavy (non-hydrogen) atoms. The van der Waals surface area contributed by atoms with Crippen molar-refractivity contribution < 1.29 is 9.36 Å². The lowest BCUT2D eigenvalue weighted by atomic mass is 9.64. The van der Waals surface area contributed by atoms with E-state index in [0.717, 1.165) is 36.2 Å². The van der Waals surface area contributed by atoms with Gasteiger partial charge in [-0.2, -0.15) is 0 Å². The van der Waals surface area contributed by atoms with Gasteiger partial charge in [0.2, 0.25) is 5.91 Å². The maximum Gasteiger partial charge on any atom is 0.254 e. The molecule has 1 aliphatic rings. The van der Waals surface area contributed by atoms with Gasteiger partial charge >= 0.3 is 0 Å². The van der Waals surface area contributed by atoms with Crippen LogP contribution >= 0.6 is 0 Å². The largest absolute Gasteiger partial charge is 0.369 e. The summed E-state index contributed by atoms with van der Waals surface area (Å²) in [5, 5.41) is 0. The first kappa shape index (κ1) is 20.9. The Kier molecular flexibility index (Phi) is 5.69. The number of imidazole rings is 1. The molecular formula is C27H30N3O+. The first-order valence-corrected chi connectivity index (χ1v) is 11.0. The molecular weight excluding hydrogens is 382 g/mol. The SMILES string of the molecule is C#CC(C)n1cc[n+]([C@H]2CC[C@@H](C(C(N)=O)(c3ccccc3)c3ccccc3)C2)c1C. The van der Waals surface area contributed by atoms with Gasteiger partial charge < -0.3 is 5.73 Å². The van der Waals surface area contributed by atoms with Gasteiger partial charge in [-0.3, -0.25) is 4.79 Å². The van der Waals surface area contributed by atoms with Crippen LogP contribution < -0.4 is 10.3 Å². The molecule has 1 fully saturated rings. The second-order valence-corrected chi connectivity index (χ2v) is 8.57. The fourth-order valence-electron chi connectivity index (χ4n) is 5.50. The van der Waals surface area contributed by atoms with Gasteiger partial charge in [0.1, 0.15) is 23.9 Å². The third kappa shape index (κ3) is 3.45. The lowest BCUT2D eigenvalue weighted by Gasteiger charge is -2.37. The van der Waals surface area contributed by atoms with Gasteiger partial charge in [-0.1, -0.05) is 66.6 Å². The van der Waals surface area contributed by atoms with Crippen molar-refractivity contribution in [3.63, 3.8) is 0 Å².